The van der Waals surface area contributed by atoms with Gasteiger partial charge in [0.1, 0.15) is 5.78 Å². The predicted octanol–water partition coefficient (Wildman–Crippen LogP) is 4.39. The lowest BCUT2D eigenvalue weighted by molar-refractivity contribution is -0.118. The number of halogens is 1. The molecule has 0 aliphatic carbocycles. The highest BCUT2D eigenvalue weighted by Crippen LogP contribution is 2.14. The molecule has 0 bridgehead atoms. The Hall–Kier alpha value is -0.630. The van der Waals surface area contributed by atoms with E-state index in [4.69, 9.17) is 0 Å². The Morgan fingerprint density at radius 3 is 2.75 bits per heavy atom. The molecule has 0 N–H and O–H groups in total. The van der Waals surface area contributed by atoms with Crippen molar-refractivity contribution in [2.45, 2.75) is 39.5 Å². The molecule has 1 nitrogen and oxygen atoms in total. The summed E-state index contributed by atoms with van der Waals surface area (Å²) < 4.78 is 1.04. The fraction of sp³-hybridized carbons (Fsp3) is 0.500. The van der Waals surface area contributed by atoms with E-state index in [1.165, 1.54) is 0 Å². The molecule has 16 heavy (non-hydrogen) atoms. The van der Waals surface area contributed by atoms with Crippen molar-refractivity contribution in [3.63, 3.8) is 0 Å². The fourth-order valence-corrected chi connectivity index (χ4v) is 2.12. The number of carbonyl (C=O) groups excluding carboxylic acids is 1. The van der Waals surface area contributed by atoms with Crippen molar-refractivity contribution in [1.29, 1.82) is 0 Å². The van der Waals surface area contributed by atoms with Crippen LogP contribution in [0, 0.1) is 5.92 Å². The standard InChI is InChI=1S/C14H19BrO/c1-11(2)5-3-8-14(16)10-12-6-4-7-13(15)9-12/h4,6-7,9,11H,3,5,8,10H2,1-2H3. The lowest BCUT2D eigenvalue weighted by atomic mass is 10.0. The molecule has 1 rings (SSSR count). The highest BCUT2D eigenvalue weighted by atomic mass is 79.9. The average Bonchev–Trinajstić information content (AvgIpc) is 2.16. The summed E-state index contributed by atoms with van der Waals surface area (Å²) in [7, 11) is 0. The van der Waals surface area contributed by atoms with E-state index >= 15 is 0 Å². The summed E-state index contributed by atoms with van der Waals surface area (Å²) in [5.41, 5.74) is 1.10. The number of Topliss-reactive ketones (excluding diaryl/α,β-unsaturated/α-hetero) is 1. The van der Waals surface area contributed by atoms with E-state index in [-0.39, 0.29) is 0 Å². The van der Waals surface area contributed by atoms with E-state index in [9.17, 15) is 4.79 Å². The Morgan fingerprint density at radius 1 is 1.38 bits per heavy atom. The van der Waals surface area contributed by atoms with Crippen LogP contribution in [-0.2, 0) is 11.2 Å². The molecular weight excluding hydrogens is 264 g/mol. The summed E-state index contributed by atoms with van der Waals surface area (Å²) in [5, 5.41) is 0. The number of benzene rings is 1. The number of hydrogen-bond acceptors (Lipinski definition) is 1. The summed E-state index contributed by atoms with van der Waals surface area (Å²) in [6, 6.07) is 7.97. The van der Waals surface area contributed by atoms with Gasteiger partial charge < -0.3 is 0 Å². The molecule has 1 aromatic rings. The largest absolute Gasteiger partial charge is 0.299 e. The molecular formula is C14H19BrO. The molecule has 0 saturated heterocycles. The summed E-state index contributed by atoms with van der Waals surface area (Å²) in [6.45, 7) is 4.39. The number of rotatable bonds is 6. The maximum atomic E-state index is 11.7. The van der Waals surface area contributed by atoms with Gasteiger partial charge in [0.2, 0.25) is 0 Å². The Labute approximate surface area is 106 Å². The van der Waals surface area contributed by atoms with E-state index in [2.05, 4.69) is 29.8 Å². The van der Waals surface area contributed by atoms with E-state index in [0.717, 1.165) is 22.9 Å². The van der Waals surface area contributed by atoms with Crippen molar-refractivity contribution in [1.82, 2.24) is 0 Å². The molecule has 0 heterocycles. The van der Waals surface area contributed by atoms with E-state index < -0.39 is 0 Å². The molecule has 0 fully saturated rings. The molecule has 2 heteroatoms. The molecule has 88 valence electrons. The second-order valence-corrected chi connectivity index (χ2v) is 5.55. The highest BCUT2D eigenvalue weighted by Gasteiger charge is 2.04. The number of carbonyl (C=O) groups is 1. The van der Waals surface area contributed by atoms with Crippen molar-refractivity contribution < 1.29 is 4.79 Å². The van der Waals surface area contributed by atoms with Crippen LogP contribution in [0.1, 0.15) is 38.7 Å². The second-order valence-electron chi connectivity index (χ2n) is 4.63. The molecule has 0 amide bonds. The lowest BCUT2D eigenvalue weighted by Crippen LogP contribution is -2.03. The van der Waals surface area contributed by atoms with Gasteiger partial charge in [0.15, 0.2) is 0 Å². The average molecular weight is 283 g/mol. The first-order valence-corrected chi connectivity index (χ1v) is 6.63. The molecule has 0 aliphatic rings. The number of hydrogen-bond donors (Lipinski definition) is 0. The third-order valence-corrected chi connectivity index (χ3v) is 3.02. The normalized spacial score (nSPS) is 10.8. The minimum atomic E-state index is 0.346. The first-order chi connectivity index (χ1) is 7.58. The lowest BCUT2D eigenvalue weighted by Gasteiger charge is -2.04. The zero-order chi connectivity index (χ0) is 12.0. The monoisotopic (exact) mass is 282 g/mol. The smallest absolute Gasteiger partial charge is 0.137 e. The van der Waals surface area contributed by atoms with Crippen molar-refractivity contribution >= 4 is 21.7 Å². The molecule has 0 atom stereocenters. The third kappa shape index (κ3) is 5.45. The van der Waals surface area contributed by atoms with Crippen LogP contribution in [-0.4, -0.2) is 5.78 Å². The Bertz CT molecular complexity index is 344. The van der Waals surface area contributed by atoms with Gasteiger partial charge in [-0.15, -0.1) is 0 Å². The van der Waals surface area contributed by atoms with Gasteiger partial charge in [0.05, 0.1) is 0 Å². The van der Waals surface area contributed by atoms with Gasteiger partial charge >= 0.3 is 0 Å². The van der Waals surface area contributed by atoms with Crippen molar-refractivity contribution in [3.05, 3.63) is 34.3 Å². The Kier molecular flexibility index (Phi) is 5.75. The second kappa shape index (κ2) is 6.85. The molecule has 0 unspecified atom stereocenters. The third-order valence-electron chi connectivity index (χ3n) is 2.53. The van der Waals surface area contributed by atoms with Crippen molar-refractivity contribution in [2.75, 3.05) is 0 Å². The first-order valence-electron chi connectivity index (χ1n) is 5.84. The molecule has 0 radical (unpaired) electrons. The highest BCUT2D eigenvalue weighted by molar-refractivity contribution is 9.10. The minimum absolute atomic E-state index is 0.346. The van der Waals surface area contributed by atoms with Crippen molar-refractivity contribution in [3.8, 4) is 0 Å². The molecule has 0 aliphatic heterocycles. The maximum Gasteiger partial charge on any atom is 0.137 e. The van der Waals surface area contributed by atoms with Gasteiger partial charge in [0.25, 0.3) is 0 Å². The molecule has 0 saturated carbocycles. The number of ketones is 1. The van der Waals surface area contributed by atoms with Gasteiger partial charge in [-0.05, 0) is 30.0 Å². The quantitative estimate of drug-likeness (QED) is 0.756. The van der Waals surface area contributed by atoms with E-state index in [1.807, 2.05) is 24.3 Å². The SMILES string of the molecule is CC(C)CCCC(=O)Cc1cccc(Br)c1. The Morgan fingerprint density at radius 2 is 2.12 bits per heavy atom. The Balaban J connectivity index is 2.34. The van der Waals surface area contributed by atoms with Crippen molar-refractivity contribution in [2.24, 2.45) is 5.92 Å². The molecule has 1 aromatic carbocycles. The van der Waals surface area contributed by atoms with Gasteiger partial charge in [0, 0.05) is 17.3 Å². The minimum Gasteiger partial charge on any atom is -0.299 e. The topological polar surface area (TPSA) is 17.1 Å². The van der Waals surface area contributed by atoms with Crippen LogP contribution in [0.3, 0.4) is 0 Å². The summed E-state index contributed by atoms with van der Waals surface area (Å²) in [4.78, 5) is 11.7. The van der Waals surface area contributed by atoms with E-state index in [0.29, 0.717) is 24.5 Å². The maximum absolute atomic E-state index is 11.7. The summed E-state index contributed by atoms with van der Waals surface area (Å²) >= 11 is 3.41. The van der Waals surface area contributed by atoms with Crippen LogP contribution in [0.4, 0.5) is 0 Å². The van der Waals surface area contributed by atoms with Gasteiger partial charge in [-0.25, -0.2) is 0 Å². The van der Waals surface area contributed by atoms with Crippen LogP contribution >= 0.6 is 15.9 Å². The molecule has 0 spiro atoms. The van der Waals surface area contributed by atoms with Crippen LogP contribution in [0.2, 0.25) is 0 Å². The predicted molar refractivity (Wildman–Crippen MR) is 71.5 cm³/mol. The summed E-state index contributed by atoms with van der Waals surface area (Å²) in [6.07, 6.45) is 3.44. The van der Waals surface area contributed by atoms with Crippen LogP contribution in [0.25, 0.3) is 0 Å². The zero-order valence-corrected chi connectivity index (χ0v) is 11.6. The van der Waals surface area contributed by atoms with Crippen LogP contribution in [0.15, 0.2) is 28.7 Å². The summed E-state index contributed by atoms with van der Waals surface area (Å²) in [5.74, 6) is 1.04. The van der Waals surface area contributed by atoms with Gasteiger partial charge in [-0.2, -0.15) is 0 Å². The fourth-order valence-electron chi connectivity index (χ4n) is 1.67. The van der Waals surface area contributed by atoms with Gasteiger partial charge in [-0.1, -0.05) is 48.3 Å². The molecule has 0 aromatic heterocycles. The van der Waals surface area contributed by atoms with Crippen LogP contribution in [0.5, 0.6) is 0 Å². The van der Waals surface area contributed by atoms with Gasteiger partial charge in [-0.3, -0.25) is 4.79 Å². The zero-order valence-electron chi connectivity index (χ0n) is 10.0. The first kappa shape index (κ1) is 13.4. The van der Waals surface area contributed by atoms with E-state index in [1.54, 1.807) is 0 Å². The van der Waals surface area contributed by atoms with Crippen LogP contribution < -0.4 is 0 Å².